The van der Waals surface area contributed by atoms with Gasteiger partial charge < -0.3 is 16.2 Å². The summed E-state index contributed by atoms with van der Waals surface area (Å²) in [6, 6.07) is 4.32. The minimum Gasteiger partial charge on any atom is -0.478 e. The van der Waals surface area contributed by atoms with Crippen molar-refractivity contribution in [3.63, 3.8) is 0 Å². The Hall–Kier alpha value is -1.59. The lowest BCUT2D eigenvalue weighted by atomic mass is 9.95. The fourth-order valence-corrected chi connectivity index (χ4v) is 2.87. The molecular formula is C14H17ClN2O3. The number of nitrogens with one attached hydrogen (secondary N) is 1. The summed E-state index contributed by atoms with van der Waals surface area (Å²) in [4.78, 5) is 23.4. The van der Waals surface area contributed by atoms with E-state index < -0.39 is 5.97 Å². The van der Waals surface area contributed by atoms with Crippen LogP contribution in [-0.2, 0) is 4.79 Å². The van der Waals surface area contributed by atoms with Crippen LogP contribution >= 0.6 is 11.6 Å². The Morgan fingerprint density at radius 3 is 2.80 bits per heavy atom. The summed E-state index contributed by atoms with van der Waals surface area (Å²) in [7, 11) is 0. The van der Waals surface area contributed by atoms with Gasteiger partial charge in [-0.25, -0.2) is 4.79 Å². The van der Waals surface area contributed by atoms with E-state index in [2.05, 4.69) is 5.32 Å². The van der Waals surface area contributed by atoms with Crippen molar-refractivity contribution in [3.8, 4) is 0 Å². The van der Waals surface area contributed by atoms with Gasteiger partial charge in [0.1, 0.15) is 0 Å². The quantitative estimate of drug-likeness (QED) is 0.795. The summed E-state index contributed by atoms with van der Waals surface area (Å²) in [6.07, 6.45) is 2.70. The zero-order valence-electron chi connectivity index (χ0n) is 10.9. The Kier molecular flexibility index (Phi) is 4.62. The smallest absolute Gasteiger partial charge is 0.337 e. The van der Waals surface area contributed by atoms with Crippen LogP contribution in [0.15, 0.2) is 18.2 Å². The number of rotatable bonds is 4. The minimum absolute atomic E-state index is 0.0324. The van der Waals surface area contributed by atoms with Gasteiger partial charge in [0, 0.05) is 10.9 Å². The normalized spacial score (nSPS) is 21.7. The molecule has 0 saturated heterocycles. The molecule has 2 rings (SSSR count). The first-order valence-electron chi connectivity index (χ1n) is 6.56. The number of anilines is 1. The first-order valence-corrected chi connectivity index (χ1v) is 6.94. The maximum absolute atomic E-state index is 12.3. The van der Waals surface area contributed by atoms with E-state index in [-0.39, 0.29) is 29.0 Å². The molecule has 0 bridgehead atoms. The second-order valence-corrected chi connectivity index (χ2v) is 5.45. The van der Waals surface area contributed by atoms with Crippen molar-refractivity contribution >= 4 is 29.2 Å². The van der Waals surface area contributed by atoms with Crippen molar-refractivity contribution in [2.75, 3.05) is 11.9 Å². The average Bonchev–Trinajstić information content (AvgIpc) is 2.86. The fraction of sp³-hybridized carbons (Fsp3) is 0.429. The number of amides is 1. The number of hydrogen-bond acceptors (Lipinski definition) is 3. The van der Waals surface area contributed by atoms with E-state index in [4.69, 9.17) is 22.4 Å². The zero-order chi connectivity index (χ0) is 14.7. The van der Waals surface area contributed by atoms with Crippen LogP contribution in [0, 0.1) is 11.8 Å². The van der Waals surface area contributed by atoms with Crippen LogP contribution in [-0.4, -0.2) is 23.5 Å². The molecule has 5 nitrogen and oxygen atoms in total. The molecule has 1 amide bonds. The molecule has 0 heterocycles. The summed E-state index contributed by atoms with van der Waals surface area (Å²) in [5.41, 5.74) is 5.93. The predicted octanol–water partition coefficient (Wildman–Crippen LogP) is 2.35. The van der Waals surface area contributed by atoms with Crippen LogP contribution < -0.4 is 11.1 Å². The Morgan fingerprint density at radius 1 is 1.40 bits per heavy atom. The molecule has 1 aliphatic rings. The topological polar surface area (TPSA) is 92.4 Å². The lowest BCUT2D eigenvalue weighted by Crippen LogP contribution is -2.30. The van der Waals surface area contributed by atoms with Crippen LogP contribution in [0.1, 0.15) is 29.6 Å². The van der Waals surface area contributed by atoms with Gasteiger partial charge in [-0.1, -0.05) is 18.0 Å². The molecule has 1 aliphatic carbocycles. The van der Waals surface area contributed by atoms with Gasteiger partial charge in [0.2, 0.25) is 5.91 Å². The molecule has 6 heteroatoms. The van der Waals surface area contributed by atoms with Gasteiger partial charge in [0.15, 0.2) is 0 Å². The predicted molar refractivity (Wildman–Crippen MR) is 76.9 cm³/mol. The highest BCUT2D eigenvalue weighted by molar-refractivity contribution is 6.31. The summed E-state index contributed by atoms with van der Waals surface area (Å²) in [5, 5.41) is 12.2. The zero-order valence-corrected chi connectivity index (χ0v) is 11.7. The Labute approximate surface area is 122 Å². The third-order valence-electron chi connectivity index (χ3n) is 3.77. The SMILES string of the molecule is NCC1CCCC1C(=O)Nc1cc(Cl)ccc1C(=O)O. The minimum atomic E-state index is -1.10. The maximum Gasteiger partial charge on any atom is 0.337 e. The van der Waals surface area contributed by atoms with Crippen molar-refractivity contribution in [1.29, 1.82) is 0 Å². The summed E-state index contributed by atoms with van der Waals surface area (Å²) in [5.74, 6) is -1.26. The number of nitrogens with two attached hydrogens (primary N) is 1. The lowest BCUT2D eigenvalue weighted by Gasteiger charge is -2.18. The molecule has 20 heavy (non-hydrogen) atoms. The highest BCUT2D eigenvalue weighted by atomic mass is 35.5. The molecule has 1 fully saturated rings. The molecule has 2 atom stereocenters. The Morgan fingerprint density at radius 2 is 2.15 bits per heavy atom. The summed E-state index contributed by atoms with van der Waals surface area (Å²) < 4.78 is 0. The molecule has 1 saturated carbocycles. The summed E-state index contributed by atoms with van der Waals surface area (Å²) >= 11 is 5.86. The molecule has 1 aromatic rings. The molecule has 0 spiro atoms. The van der Waals surface area contributed by atoms with Crippen molar-refractivity contribution < 1.29 is 14.7 Å². The molecule has 0 radical (unpaired) electrons. The first kappa shape index (κ1) is 14.8. The van der Waals surface area contributed by atoms with Gasteiger partial charge in [-0.15, -0.1) is 0 Å². The van der Waals surface area contributed by atoms with Gasteiger partial charge in [-0.05, 0) is 43.5 Å². The van der Waals surface area contributed by atoms with E-state index >= 15 is 0 Å². The lowest BCUT2D eigenvalue weighted by molar-refractivity contribution is -0.120. The summed E-state index contributed by atoms with van der Waals surface area (Å²) in [6.45, 7) is 0.472. The van der Waals surface area contributed by atoms with Crippen LogP contribution in [0.2, 0.25) is 5.02 Å². The molecule has 1 aromatic carbocycles. The van der Waals surface area contributed by atoms with E-state index in [1.54, 1.807) is 0 Å². The van der Waals surface area contributed by atoms with E-state index in [9.17, 15) is 9.59 Å². The largest absolute Gasteiger partial charge is 0.478 e. The maximum atomic E-state index is 12.3. The number of hydrogen-bond donors (Lipinski definition) is 3. The van der Waals surface area contributed by atoms with Gasteiger partial charge in [0.05, 0.1) is 11.3 Å². The molecule has 4 N–H and O–H groups in total. The molecule has 0 aromatic heterocycles. The Bertz CT molecular complexity index is 533. The van der Waals surface area contributed by atoms with Crippen LogP contribution in [0.5, 0.6) is 0 Å². The first-order chi connectivity index (χ1) is 9.52. The standard InChI is InChI=1S/C14H17ClN2O3/c15-9-4-5-11(14(19)20)12(6-9)17-13(18)10-3-1-2-8(10)7-16/h4-6,8,10H,1-3,7,16H2,(H,17,18)(H,19,20). The van der Waals surface area contributed by atoms with Gasteiger partial charge in [-0.2, -0.15) is 0 Å². The average molecular weight is 297 g/mol. The van der Waals surface area contributed by atoms with Crippen LogP contribution in [0.25, 0.3) is 0 Å². The number of carbonyl (C=O) groups excluding carboxylic acids is 1. The van der Waals surface area contributed by atoms with E-state index in [1.807, 2.05) is 0 Å². The highest BCUT2D eigenvalue weighted by Gasteiger charge is 2.32. The number of carboxylic acids is 1. The fourth-order valence-electron chi connectivity index (χ4n) is 2.70. The number of carboxylic acid groups (broad SMARTS) is 1. The van der Waals surface area contributed by atoms with Crippen molar-refractivity contribution in [2.24, 2.45) is 17.6 Å². The second-order valence-electron chi connectivity index (χ2n) is 5.02. The number of halogens is 1. The molecular weight excluding hydrogens is 280 g/mol. The van der Waals surface area contributed by atoms with Crippen LogP contribution in [0.3, 0.4) is 0 Å². The molecule has 0 aliphatic heterocycles. The number of benzene rings is 1. The molecule has 2 unspecified atom stereocenters. The monoisotopic (exact) mass is 296 g/mol. The van der Waals surface area contributed by atoms with Gasteiger partial charge in [-0.3, -0.25) is 4.79 Å². The van der Waals surface area contributed by atoms with Gasteiger partial charge in [0.25, 0.3) is 0 Å². The number of aromatic carboxylic acids is 1. The highest BCUT2D eigenvalue weighted by Crippen LogP contribution is 2.32. The van der Waals surface area contributed by atoms with Crippen molar-refractivity contribution in [2.45, 2.75) is 19.3 Å². The third-order valence-corrected chi connectivity index (χ3v) is 4.00. The second kappa shape index (κ2) is 6.24. The van der Waals surface area contributed by atoms with Crippen LogP contribution in [0.4, 0.5) is 5.69 Å². The van der Waals surface area contributed by atoms with Crippen molar-refractivity contribution in [1.82, 2.24) is 0 Å². The van der Waals surface area contributed by atoms with E-state index in [1.165, 1.54) is 18.2 Å². The van der Waals surface area contributed by atoms with E-state index in [0.29, 0.717) is 11.6 Å². The van der Waals surface area contributed by atoms with Gasteiger partial charge >= 0.3 is 5.97 Å². The Balaban J connectivity index is 2.19. The van der Waals surface area contributed by atoms with Crippen molar-refractivity contribution in [3.05, 3.63) is 28.8 Å². The van der Waals surface area contributed by atoms with E-state index in [0.717, 1.165) is 19.3 Å². The molecule has 108 valence electrons. The number of carbonyl (C=O) groups is 2. The third kappa shape index (κ3) is 3.11.